The van der Waals surface area contributed by atoms with Crippen molar-refractivity contribution in [2.24, 2.45) is 0 Å². The summed E-state index contributed by atoms with van der Waals surface area (Å²) in [5.41, 5.74) is 3.82. The maximum Gasteiger partial charge on any atom is 0.342 e. The van der Waals surface area contributed by atoms with Gasteiger partial charge in [-0.3, -0.25) is 14.9 Å². The lowest BCUT2D eigenvalue weighted by molar-refractivity contribution is -0.384. The van der Waals surface area contributed by atoms with Crippen molar-refractivity contribution in [3.8, 4) is 5.75 Å². The second kappa shape index (κ2) is 9.50. The molecule has 0 saturated carbocycles. The summed E-state index contributed by atoms with van der Waals surface area (Å²) in [7, 11) is 1.63. The number of fused-ring (bicyclic) bond motifs is 3. The Morgan fingerprint density at radius 2 is 1.95 bits per heavy atom. The molecule has 1 N–H and O–H groups in total. The molecule has 9 nitrogen and oxygen atoms in total. The maximum absolute atomic E-state index is 13.1. The van der Waals surface area contributed by atoms with Gasteiger partial charge in [-0.2, -0.15) is 0 Å². The van der Waals surface area contributed by atoms with Gasteiger partial charge in [-0.1, -0.05) is 29.5 Å². The molecule has 1 unspecified atom stereocenters. The molecule has 6 rings (SSSR count). The number of anilines is 1. The number of nitrogens with zero attached hydrogens (tertiary/aromatic N) is 3. The van der Waals surface area contributed by atoms with Crippen LogP contribution in [0.5, 0.6) is 5.75 Å². The Balaban J connectivity index is 1.52. The molecule has 0 bridgehead atoms. The Labute approximate surface area is 222 Å². The van der Waals surface area contributed by atoms with Crippen LogP contribution in [0.4, 0.5) is 11.4 Å². The normalized spacial score (nSPS) is 18.6. The van der Waals surface area contributed by atoms with Crippen molar-refractivity contribution in [3.63, 3.8) is 0 Å². The van der Waals surface area contributed by atoms with Gasteiger partial charge in [0.1, 0.15) is 17.0 Å². The third-order valence-corrected chi connectivity index (χ3v) is 9.10. The monoisotopic (exact) mass is 533 g/mol. The number of thioether (sulfide) groups is 1. The third kappa shape index (κ3) is 3.94. The van der Waals surface area contributed by atoms with Gasteiger partial charge < -0.3 is 19.3 Å². The summed E-state index contributed by atoms with van der Waals surface area (Å²) in [5.74, 6) is -0.0421. The van der Waals surface area contributed by atoms with Gasteiger partial charge in [0.2, 0.25) is 5.43 Å². The van der Waals surface area contributed by atoms with Gasteiger partial charge in [-0.05, 0) is 67.9 Å². The molecule has 0 radical (unpaired) electrons. The molecule has 2 aromatic carbocycles. The van der Waals surface area contributed by atoms with Crippen LogP contribution in [0.2, 0.25) is 0 Å². The van der Waals surface area contributed by atoms with Crippen LogP contribution in [0.1, 0.15) is 48.0 Å². The summed E-state index contributed by atoms with van der Waals surface area (Å²) in [4.78, 5) is 39.0. The highest BCUT2D eigenvalue weighted by Crippen LogP contribution is 2.44. The molecule has 1 aromatic heterocycles. The number of carboxylic acid groups (broad SMARTS) is 1. The van der Waals surface area contributed by atoms with E-state index in [0.29, 0.717) is 35.1 Å². The van der Waals surface area contributed by atoms with E-state index in [9.17, 15) is 24.8 Å². The minimum Gasteiger partial charge on any atom is -0.497 e. The van der Waals surface area contributed by atoms with Gasteiger partial charge in [0.15, 0.2) is 0 Å². The second-order valence-corrected chi connectivity index (χ2v) is 10.9. The molecule has 3 aromatic rings. The molecule has 1 atom stereocenters. The minimum absolute atomic E-state index is 0.0427. The highest BCUT2D eigenvalue weighted by atomic mass is 32.2. The number of ether oxygens (including phenoxy) is 1. The van der Waals surface area contributed by atoms with E-state index in [1.807, 2.05) is 24.3 Å². The zero-order valence-corrected chi connectivity index (χ0v) is 21.8. The zero-order chi connectivity index (χ0) is 26.6. The van der Waals surface area contributed by atoms with Gasteiger partial charge in [0.25, 0.3) is 5.69 Å². The van der Waals surface area contributed by atoms with Crippen LogP contribution in [0.15, 0.2) is 57.4 Å². The molecule has 3 heterocycles. The standard InChI is InChI=1S/C28H27N3O6S/c1-37-18-8-6-16(7-9-18)12-21-19-5-3-2-4-17(19)10-11-29(21)23-14-22-20(13-24(23)31(35)36)26(32)25(28(33)34)27-30(22)15-38-27/h6-9,13-14,21H,2-5,10-12,15H2,1H3,(H,33,34). The minimum atomic E-state index is -1.31. The maximum atomic E-state index is 13.1. The number of carboxylic acids is 1. The van der Waals surface area contributed by atoms with Crippen molar-refractivity contribution in [2.75, 3.05) is 18.6 Å². The molecule has 2 aliphatic heterocycles. The first-order chi connectivity index (χ1) is 18.4. The van der Waals surface area contributed by atoms with Crippen LogP contribution in [0.3, 0.4) is 0 Å². The van der Waals surface area contributed by atoms with E-state index in [-0.39, 0.29) is 22.7 Å². The zero-order valence-electron chi connectivity index (χ0n) is 20.9. The molecule has 3 aliphatic rings. The molecule has 1 aliphatic carbocycles. The number of carbonyl (C=O) groups is 1. The number of nitro benzene ring substituents is 1. The predicted octanol–water partition coefficient (Wildman–Crippen LogP) is 5.37. The van der Waals surface area contributed by atoms with Crippen molar-refractivity contribution >= 4 is 40.0 Å². The quantitative estimate of drug-likeness (QED) is 0.255. The first kappa shape index (κ1) is 24.5. The Kier molecular flexibility index (Phi) is 6.14. The fourth-order valence-corrected chi connectivity index (χ4v) is 7.08. The first-order valence-electron chi connectivity index (χ1n) is 12.7. The van der Waals surface area contributed by atoms with Crippen molar-refractivity contribution in [3.05, 3.63) is 79.0 Å². The molecule has 0 saturated heterocycles. The largest absolute Gasteiger partial charge is 0.497 e. The Hall–Kier alpha value is -3.79. The molecule has 38 heavy (non-hydrogen) atoms. The van der Waals surface area contributed by atoms with Crippen LogP contribution in [-0.2, 0) is 12.3 Å². The van der Waals surface area contributed by atoms with E-state index in [0.717, 1.165) is 37.0 Å². The lowest BCUT2D eigenvalue weighted by atomic mass is 9.80. The van der Waals surface area contributed by atoms with E-state index in [2.05, 4.69) is 4.90 Å². The van der Waals surface area contributed by atoms with Crippen molar-refractivity contribution in [1.82, 2.24) is 4.57 Å². The van der Waals surface area contributed by atoms with E-state index in [1.54, 1.807) is 17.7 Å². The number of benzene rings is 2. The molecule has 196 valence electrons. The average molecular weight is 534 g/mol. The lowest BCUT2D eigenvalue weighted by Gasteiger charge is -2.42. The summed E-state index contributed by atoms with van der Waals surface area (Å²) in [6.45, 7) is 0.644. The number of hydrogen-bond donors (Lipinski definition) is 1. The fraction of sp³-hybridized carbons (Fsp3) is 0.357. The highest BCUT2D eigenvalue weighted by Gasteiger charge is 2.36. The van der Waals surface area contributed by atoms with Gasteiger partial charge in [-0.25, -0.2) is 4.79 Å². The summed E-state index contributed by atoms with van der Waals surface area (Å²) < 4.78 is 7.10. The van der Waals surface area contributed by atoms with Gasteiger partial charge in [0, 0.05) is 12.6 Å². The average Bonchev–Trinajstić information content (AvgIpc) is 2.90. The van der Waals surface area contributed by atoms with Gasteiger partial charge in [0.05, 0.1) is 39.9 Å². The topological polar surface area (TPSA) is 115 Å². The fourth-order valence-electron chi connectivity index (χ4n) is 6.13. The van der Waals surface area contributed by atoms with Crippen molar-refractivity contribution in [2.45, 2.75) is 55.5 Å². The first-order valence-corrected chi connectivity index (χ1v) is 13.7. The number of rotatable bonds is 6. The molecule has 10 heteroatoms. The second-order valence-electron chi connectivity index (χ2n) is 9.98. The van der Waals surface area contributed by atoms with E-state index < -0.39 is 16.3 Å². The van der Waals surface area contributed by atoms with E-state index in [4.69, 9.17) is 4.74 Å². The van der Waals surface area contributed by atoms with Crippen LogP contribution in [-0.4, -0.2) is 40.3 Å². The van der Waals surface area contributed by atoms with E-state index >= 15 is 0 Å². The van der Waals surface area contributed by atoms with Crippen LogP contribution in [0.25, 0.3) is 10.9 Å². The summed E-state index contributed by atoms with van der Waals surface area (Å²) >= 11 is 1.30. The number of methoxy groups -OCH3 is 1. The molecular weight excluding hydrogens is 506 g/mol. The van der Waals surface area contributed by atoms with Crippen molar-refractivity contribution < 1.29 is 19.6 Å². The highest BCUT2D eigenvalue weighted by molar-refractivity contribution is 7.99. The Morgan fingerprint density at radius 1 is 1.18 bits per heavy atom. The summed E-state index contributed by atoms with van der Waals surface area (Å²) in [5, 5.41) is 22.5. The molecular formula is C28H27N3O6S. The SMILES string of the molecule is COc1ccc(CC2C3=C(CCCC3)CCN2c2cc3c(cc2[N+](=O)[O-])c(=O)c(C(=O)O)c2n3CS2)cc1. The molecule has 0 fully saturated rings. The van der Waals surface area contributed by atoms with E-state index in [1.165, 1.54) is 35.4 Å². The van der Waals surface area contributed by atoms with Crippen LogP contribution < -0.4 is 15.1 Å². The summed E-state index contributed by atoms with van der Waals surface area (Å²) in [6.07, 6.45) is 5.87. The predicted molar refractivity (Wildman–Crippen MR) is 146 cm³/mol. The van der Waals surface area contributed by atoms with Gasteiger partial charge >= 0.3 is 5.97 Å². The summed E-state index contributed by atoms with van der Waals surface area (Å²) in [6, 6.07) is 10.9. The number of aromatic carboxylic acids is 1. The molecule has 0 amide bonds. The lowest BCUT2D eigenvalue weighted by Crippen LogP contribution is -2.44. The number of aromatic nitrogens is 1. The number of nitro groups is 1. The van der Waals surface area contributed by atoms with Crippen molar-refractivity contribution in [1.29, 1.82) is 0 Å². The smallest absolute Gasteiger partial charge is 0.342 e. The molecule has 0 spiro atoms. The van der Waals surface area contributed by atoms with Crippen LogP contribution in [0, 0.1) is 10.1 Å². The number of pyridine rings is 1. The Bertz CT molecular complexity index is 1580. The number of hydrogen-bond acceptors (Lipinski definition) is 7. The van der Waals surface area contributed by atoms with Gasteiger partial charge in [-0.15, -0.1) is 0 Å². The third-order valence-electron chi connectivity index (χ3n) is 8.01. The Morgan fingerprint density at radius 3 is 2.61 bits per heavy atom. The van der Waals surface area contributed by atoms with Crippen LogP contribution >= 0.6 is 11.8 Å².